The van der Waals surface area contributed by atoms with Crippen LogP contribution in [0.15, 0.2) is 18.2 Å². The van der Waals surface area contributed by atoms with Crippen molar-refractivity contribution in [2.24, 2.45) is 10.8 Å². The van der Waals surface area contributed by atoms with Crippen LogP contribution in [-0.2, 0) is 26.9 Å². The highest BCUT2D eigenvalue weighted by atomic mass is 17.3. The van der Waals surface area contributed by atoms with Gasteiger partial charge in [0.15, 0.2) is 5.60 Å². The van der Waals surface area contributed by atoms with E-state index in [1.54, 1.807) is 12.1 Å². The van der Waals surface area contributed by atoms with E-state index in [0.717, 1.165) is 0 Å². The van der Waals surface area contributed by atoms with E-state index < -0.39 is 11.4 Å². The van der Waals surface area contributed by atoms with Crippen molar-refractivity contribution in [2.45, 2.75) is 52.6 Å². The first-order chi connectivity index (χ1) is 10.1. The van der Waals surface area contributed by atoms with E-state index in [9.17, 15) is 10.2 Å². The SMILES string of the molecule is CC(C)(C)C12OOC1(c1ccc(CO)c(O)c1)OCC2(C)C. The van der Waals surface area contributed by atoms with Gasteiger partial charge in [0.2, 0.25) is 0 Å². The van der Waals surface area contributed by atoms with Gasteiger partial charge < -0.3 is 14.9 Å². The highest BCUT2D eigenvalue weighted by Crippen LogP contribution is 2.69. The Labute approximate surface area is 130 Å². The molecule has 1 aromatic carbocycles. The van der Waals surface area contributed by atoms with Crippen LogP contribution in [0.1, 0.15) is 45.7 Å². The smallest absolute Gasteiger partial charge is 0.261 e. The standard InChI is InChI=1S/C17H24O5/c1-14(2,3)17-15(4,5)10-20-16(17,21-22-17)12-7-6-11(9-18)13(19)8-12/h6-8,18-19H,9-10H2,1-5H3. The topological polar surface area (TPSA) is 68.2 Å². The summed E-state index contributed by atoms with van der Waals surface area (Å²) in [6, 6.07) is 5.09. The Morgan fingerprint density at radius 2 is 1.86 bits per heavy atom. The van der Waals surface area contributed by atoms with Gasteiger partial charge in [0, 0.05) is 22.0 Å². The van der Waals surface area contributed by atoms with E-state index in [1.165, 1.54) is 0 Å². The van der Waals surface area contributed by atoms with Crippen molar-refractivity contribution >= 4 is 0 Å². The summed E-state index contributed by atoms with van der Waals surface area (Å²) in [4.78, 5) is 11.2. The highest BCUT2D eigenvalue weighted by molar-refractivity contribution is 5.41. The molecular weight excluding hydrogens is 284 g/mol. The van der Waals surface area contributed by atoms with Gasteiger partial charge in [-0.1, -0.05) is 46.8 Å². The van der Waals surface area contributed by atoms with E-state index in [0.29, 0.717) is 17.7 Å². The maximum atomic E-state index is 10.1. The summed E-state index contributed by atoms with van der Waals surface area (Å²) in [5.74, 6) is -1.01. The van der Waals surface area contributed by atoms with Gasteiger partial charge in [-0.25, -0.2) is 4.89 Å². The van der Waals surface area contributed by atoms with Gasteiger partial charge >= 0.3 is 0 Å². The van der Waals surface area contributed by atoms with Gasteiger partial charge in [-0.15, -0.1) is 0 Å². The first-order valence-electron chi connectivity index (χ1n) is 7.55. The third-order valence-electron chi connectivity index (χ3n) is 5.03. The Morgan fingerprint density at radius 3 is 2.32 bits per heavy atom. The van der Waals surface area contributed by atoms with E-state index >= 15 is 0 Å². The predicted molar refractivity (Wildman–Crippen MR) is 79.8 cm³/mol. The number of hydrogen-bond donors (Lipinski definition) is 2. The molecule has 2 aliphatic heterocycles. The monoisotopic (exact) mass is 308 g/mol. The quantitative estimate of drug-likeness (QED) is 0.822. The minimum absolute atomic E-state index is 0.0287. The van der Waals surface area contributed by atoms with Crippen LogP contribution in [0.2, 0.25) is 0 Å². The van der Waals surface area contributed by atoms with Gasteiger partial charge in [-0.2, -0.15) is 4.89 Å². The first kappa shape index (κ1) is 15.7. The zero-order chi connectivity index (χ0) is 16.4. The molecule has 2 aliphatic rings. The summed E-state index contributed by atoms with van der Waals surface area (Å²) in [5, 5.41) is 19.3. The molecule has 0 amide bonds. The third kappa shape index (κ3) is 1.62. The van der Waals surface area contributed by atoms with Crippen molar-refractivity contribution in [3.63, 3.8) is 0 Å². The second-order valence-corrected chi connectivity index (χ2v) is 7.89. The van der Waals surface area contributed by atoms with Crippen LogP contribution in [0.4, 0.5) is 0 Å². The molecule has 2 fully saturated rings. The molecule has 0 saturated carbocycles. The summed E-state index contributed by atoms with van der Waals surface area (Å²) < 4.78 is 6.08. The Morgan fingerprint density at radius 1 is 1.18 bits per heavy atom. The van der Waals surface area contributed by atoms with Crippen LogP contribution < -0.4 is 0 Å². The predicted octanol–water partition coefficient (Wildman–Crippen LogP) is 2.84. The second kappa shape index (κ2) is 4.45. The fourth-order valence-corrected chi connectivity index (χ4v) is 4.14. The molecule has 2 N–H and O–H groups in total. The molecule has 0 aliphatic carbocycles. The summed E-state index contributed by atoms with van der Waals surface area (Å²) in [7, 11) is 0. The number of aliphatic hydroxyl groups excluding tert-OH is 1. The van der Waals surface area contributed by atoms with Crippen molar-refractivity contribution in [1.29, 1.82) is 0 Å². The lowest BCUT2D eigenvalue weighted by Gasteiger charge is -2.61. The minimum atomic E-state index is -1.04. The van der Waals surface area contributed by atoms with E-state index in [4.69, 9.17) is 14.5 Å². The normalized spacial score (nSPS) is 33.4. The molecule has 5 nitrogen and oxygen atoms in total. The minimum Gasteiger partial charge on any atom is -0.508 e. The van der Waals surface area contributed by atoms with Crippen LogP contribution in [0.5, 0.6) is 5.75 Å². The van der Waals surface area contributed by atoms with Crippen LogP contribution in [0.25, 0.3) is 0 Å². The van der Waals surface area contributed by atoms with Crippen LogP contribution in [0, 0.1) is 10.8 Å². The number of aromatic hydroxyl groups is 1. The Hall–Kier alpha value is -1.14. The van der Waals surface area contributed by atoms with Crippen molar-refractivity contribution < 1.29 is 24.7 Å². The average Bonchev–Trinajstić information content (AvgIpc) is 2.52. The van der Waals surface area contributed by atoms with Gasteiger partial charge in [0.25, 0.3) is 5.79 Å². The third-order valence-corrected chi connectivity index (χ3v) is 5.03. The van der Waals surface area contributed by atoms with Crippen molar-refractivity contribution in [3.8, 4) is 5.75 Å². The fourth-order valence-electron chi connectivity index (χ4n) is 4.14. The summed E-state index contributed by atoms with van der Waals surface area (Å²) in [6.07, 6.45) is 0. The second-order valence-electron chi connectivity index (χ2n) is 7.89. The van der Waals surface area contributed by atoms with Crippen molar-refractivity contribution in [1.82, 2.24) is 0 Å². The highest BCUT2D eigenvalue weighted by Gasteiger charge is 2.81. The van der Waals surface area contributed by atoms with Gasteiger partial charge in [0.1, 0.15) is 5.75 Å². The lowest BCUT2D eigenvalue weighted by Crippen LogP contribution is -2.73. The first-order valence-corrected chi connectivity index (χ1v) is 7.55. The van der Waals surface area contributed by atoms with Crippen molar-refractivity contribution in [2.75, 3.05) is 6.61 Å². The molecule has 122 valence electrons. The molecule has 1 aromatic rings. The van der Waals surface area contributed by atoms with Crippen LogP contribution in [0.3, 0.4) is 0 Å². The molecule has 2 atom stereocenters. The molecule has 0 bridgehead atoms. The van der Waals surface area contributed by atoms with Gasteiger partial charge in [-0.3, -0.25) is 0 Å². The summed E-state index contributed by atoms with van der Waals surface area (Å²) >= 11 is 0. The molecule has 3 rings (SSSR count). The molecule has 2 unspecified atom stereocenters. The Kier molecular flexibility index (Phi) is 3.18. The zero-order valence-corrected chi connectivity index (χ0v) is 13.8. The molecule has 0 radical (unpaired) electrons. The Balaban J connectivity index is 2.15. The van der Waals surface area contributed by atoms with Gasteiger partial charge in [-0.05, 0) is 6.07 Å². The molecular formula is C17H24O5. The largest absolute Gasteiger partial charge is 0.508 e. The number of rotatable bonds is 2. The molecule has 2 heterocycles. The van der Waals surface area contributed by atoms with Gasteiger partial charge in [0.05, 0.1) is 13.2 Å². The number of benzene rings is 1. The van der Waals surface area contributed by atoms with Crippen molar-refractivity contribution in [3.05, 3.63) is 29.3 Å². The summed E-state index contributed by atoms with van der Waals surface area (Å²) in [5.41, 5.74) is 0.0128. The number of fused-ring (bicyclic) bond motifs is 1. The lowest BCUT2D eigenvalue weighted by atomic mass is 9.57. The number of phenols is 1. The van der Waals surface area contributed by atoms with E-state index in [1.807, 2.05) is 6.07 Å². The van der Waals surface area contributed by atoms with Crippen LogP contribution in [-0.4, -0.2) is 22.4 Å². The van der Waals surface area contributed by atoms with Crippen LogP contribution >= 0.6 is 0 Å². The Bertz CT molecular complexity index is 604. The maximum absolute atomic E-state index is 10.1. The average molecular weight is 308 g/mol. The lowest BCUT2D eigenvalue weighted by molar-refractivity contribution is -0.626. The molecule has 5 heteroatoms. The summed E-state index contributed by atoms with van der Waals surface area (Å²) in [6.45, 7) is 10.8. The van der Waals surface area contributed by atoms with E-state index in [2.05, 4.69) is 34.6 Å². The molecule has 0 spiro atoms. The van der Waals surface area contributed by atoms with E-state index in [-0.39, 0.29) is 23.2 Å². The number of aliphatic hydroxyl groups is 1. The molecule has 0 aromatic heterocycles. The number of ether oxygens (including phenoxy) is 1. The zero-order valence-electron chi connectivity index (χ0n) is 13.8. The molecule has 2 saturated heterocycles. The maximum Gasteiger partial charge on any atom is 0.261 e. The molecule has 22 heavy (non-hydrogen) atoms. The fraction of sp³-hybridized carbons (Fsp3) is 0.647. The number of hydrogen-bond acceptors (Lipinski definition) is 5.